The molecule has 0 aromatic heterocycles. The number of fused-ring (bicyclic) bond motifs is 1. The van der Waals surface area contributed by atoms with Crippen LogP contribution in [0.25, 0.3) is 0 Å². The molecular formula is C24H17ClN2O5. The molecule has 0 spiro atoms. The third-order valence-corrected chi connectivity index (χ3v) is 5.20. The molecule has 7 nitrogen and oxygen atoms in total. The average molecular weight is 449 g/mol. The number of benzene rings is 3. The zero-order valence-electron chi connectivity index (χ0n) is 16.7. The molecule has 1 aliphatic rings. The molecule has 1 N–H and O–H groups in total. The summed E-state index contributed by atoms with van der Waals surface area (Å²) in [7, 11) is 0. The highest BCUT2D eigenvalue weighted by Gasteiger charge is 2.36. The third kappa shape index (κ3) is 4.38. The number of hydrogen-bond donors (Lipinski definition) is 1. The van der Waals surface area contributed by atoms with Gasteiger partial charge in [0.25, 0.3) is 17.7 Å². The standard InChI is InChI=1S/C24H17ClN2O5/c25-19-8-4-5-9-20(19)26-21(28)14-32-24(31)16-10-11-17-18(12-16)23(30)27(22(17)29)13-15-6-2-1-3-7-15/h1-12H,13-14H2,(H,26,28). The molecule has 8 heteroatoms. The fraction of sp³-hybridized carbons (Fsp3) is 0.0833. The van der Waals surface area contributed by atoms with E-state index in [0.29, 0.717) is 10.7 Å². The Bertz CT molecular complexity index is 1230. The number of halogens is 1. The summed E-state index contributed by atoms with van der Waals surface area (Å²) in [5, 5.41) is 2.90. The van der Waals surface area contributed by atoms with Crippen molar-refractivity contribution in [2.45, 2.75) is 6.54 Å². The second-order valence-electron chi connectivity index (χ2n) is 7.05. The zero-order valence-corrected chi connectivity index (χ0v) is 17.5. The van der Waals surface area contributed by atoms with Crippen LogP contribution < -0.4 is 5.32 Å². The van der Waals surface area contributed by atoms with Gasteiger partial charge in [-0.3, -0.25) is 19.3 Å². The summed E-state index contributed by atoms with van der Waals surface area (Å²) in [4.78, 5) is 51.0. The van der Waals surface area contributed by atoms with E-state index >= 15 is 0 Å². The second-order valence-corrected chi connectivity index (χ2v) is 7.45. The highest BCUT2D eigenvalue weighted by atomic mass is 35.5. The first-order valence-electron chi connectivity index (χ1n) is 9.69. The molecule has 3 aromatic carbocycles. The SMILES string of the molecule is O=C(COC(=O)c1ccc2c(c1)C(=O)N(Cc1ccccc1)C2=O)Nc1ccccc1Cl. The van der Waals surface area contributed by atoms with Crippen LogP contribution in [0.4, 0.5) is 5.69 Å². The van der Waals surface area contributed by atoms with Gasteiger partial charge < -0.3 is 10.1 Å². The number of amides is 3. The number of ether oxygens (including phenoxy) is 1. The molecule has 0 fully saturated rings. The Morgan fingerprint density at radius 1 is 0.875 bits per heavy atom. The number of nitrogens with zero attached hydrogens (tertiary/aromatic N) is 1. The number of carbonyl (C=O) groups excluding carboxylic acids is 4. The van der Waals surface area contributed by atoms with Gasteiger partial charge in [0, 0.05) is 0 Å². The van der Waals surface area contributed by atoms with Crippen LogP contribution in [0.15, 0.2) is 72.8 Å². The lowest BCUT2D eigenvalue weighted by Gasteiger charge is -2.13. The Kier molecular flexibility index (Phi) is 6.00. The predicted molar refractivity (Wildman–Crippen MR) is 117 cm³/mol. The van der Waals surface area contributed by atoms with Crippen LogP contribution in [-0.4, -0.2) is 35.2 Å². The maximum atomic E-state index is 12.8. The molecule has 0 aliphatic carbocycles. The summed E-state index contributed by atoms with van der Waals surface area (Å²) < 4.78 is 5.04. The van der Waals surface area contributed by atoms with E-state index in [1.54, 1.807) is 24.3 Å². The van der Waals surface area contributed by atoms with Gasteiger partial charge in [-0.05, 0) is 35.9 Å². The Morgan fingerprint density at radius 3 is 2.31 bits per heavy atom. The van der Waals surface area contributed by atoms with Crippen molar-refractivity contribution in [2.24, 2.45) is 0 Å². The fourth-order valence-corrected chi connectivity index (χ4v) is 3.47. The molecule has 1 heterocycles. The quantitative estimate of drug-likeness (QED) is 0.455. The van der Waals surface area contributed by atoms with Crippen molar-refractivity contribution in [3.63, 3.8) is 0 Å². The summed E-state index contributed by atoms with van der Waals surface area (Å²) in [5.41, 5.74) is 1.62. The van der Waals surface area contributed by atoms with Gasteiger partial charge in [-0.25, -0.2) is 4.79 Å². The average Bonchev–Trinajstić information content (AvgIpc) is 3.04. The van der Waals surface area contributed by atoms with Crippen LogP contribution in [0.2, 0.25) is 5.02 Å². The second kappa shape index (κ2) is 9.03. The number of imide groups is 1. The van der Waals surface area contributed by atoms with E-state index in [0.717, 1.165) is 10.5 Å². The number of hydrogen-bond acceptors (Lipinski definition) is 5. The van der Waals surface area contributed by atoms with Gasteiger partial charge in [-0.2, -0.15) is 0 Å². The first-order chi connectivity index (χ1) is 15.4. The molecule has 0 saturated carbocycles. The molecule has 0 unspecified atom stereocenters. The molecule has 4 rings (SSSR count). The van der Waals surface area contributed by atoms with Gasteiger partial charge >= 0.3 is 5.97 Å². The lowest BCUT2D eigenvalue weighted by atomic mass is 10.1. The maximum Gasteiger partial charge on any atom is 0.338 e. The van der Waals surface area contributed by atoms with Gasteiger partial charge in [-0.1, -0.05) is 54.1 Å². The molecule has 0 bridgehead atoms. The molecule has 1 aliphatic heterocycles. The minimum absolute atomic E-state index is 0.0667. The Morgan fingerprint density at radius 2 is 1.56 bits per heavy atom. The number of anilines is 1. The van der Waals surface area contributed by atoms with Crippen molar-refractivity contribution in [3.8, 4) is 0 Å². The summed E-state index contributed by atoms with van der Waals surface area (Å²) in [5.74, 6) is -2.26. The monoisotopic (exact) mass is 448 g/mol. The normalized spacial score (nSPS) is 12.5. The molecule has 3 aromatic rings. The molecule has 0 radical (unpaired) electrons. The summed E-state index contributed by atoms with van der Waals surface area (Å²) in [6, 6.07) is 19.9. The molecule has 3 amide bonds. The lowest BCUT2D eigenvalue weighted by Crippen LogP contribution is -2.29. The van der Waals surface area contributed by atoms with E-state index < -0.39 is 30.3 Å². The van der Waals surface area contributed by atoms with Crippen molar-refractivity contribution < 1.29 is 23.9 Å². The van der Waals surface area contributed by atoms with E-state index in [1.165, 1.54) is 18.2 Å². The molecular weight excluding hydrogens is 432 g/mol. The molecule has 160 valence electrons. The Labute approximate surface area is 188 Å². The van der Waals surface area contributed by atoms with Crippen LogP contribution in [0.5, 0.6) is 0 Å². The van der Waals surface area contributed by atoms with Crippen LogP contribution in [0.3, 0.4) is 0 Å². The first-order valence-corrected chi connectivity index (χ1v) is 10.1. The summed E-state index contributed by atoms with van der Waals surface area (Å²) in [6.45, 7) is -0.399. The van der Waals surface area contributed by atoms with Crippen molar-refractivity contribution in [2.75, 3.05) is 11.9 Å². The van der Waals surface area contributed by atoms with Crippen molar-refractivity contribution in [1.82, 2.24) is 4.90 Å². The van der Waals surface area contributed by atoms with Gasteiger partial charge in [0.05, 0.1) is 33.9 Å². The van der Waals surface area contributed by atoms with E-state index in [4.69, 9.17) is 16.3 Å². The summed E-state index contributed by atoms with van der Waals surface area (Å²) in [6.07, 6.45) is 0. The topological polar surface area (TPSA) is 92.8 Å². The fourth-order valence-electron chi connectivity index (χ4n) is 3.29. The van der Waals surface area contributed by atoms with Crippen LogP contribution in [0, 0.1) is 0 Å². The number of esters is 1. The van der Waals surface area contributed by atoms with Crippen LogP contribution in [0.1, 0.15) is 36.6 Å². The smallest absolute Gasteiger partial charge is 0.338 e. The van der Waals surface area contributed by atoms with E-state index in [-0.39, 0.29) is 23.2 Å². The van der Waals surface area contributed by atoms with Crippen LogP contribution >= 0.6 is 11.6 Å². The highest BCUT2D eigenvalue weighted by molar-refractivity contribution is 6.33. The molecule has 0 saturated heterocycles. The van der Waals surface area contributed by atoms with Crippen molar-refractivity contribution in [1.29, 1.82) is 0 Å². The number of carbonyl (C=O) groups is 4. The van der Waals surface area contributed by atoms with Crippen LogP contribution in [-0.2, 0) is 16.1 Å². The van der Waals surface area contributed by atoms with Crippen molar-refractivity contribution in [3.05, 3.63) is 100 Å². The van der Waals surface area contributed by atoms with Gasteiger partial charge in [0.15, 0.2) is 6.61 Å². The first kappa shape index (κ1) is 21.3. The molecule has 0 atom stereocenters. The Hall–Kier alpha value is -3.97. The van der Waals surface area contributed by atoms with Gasteiger partial charge in [-0.15, -0.1) is 0 Å². The Balaban J connectivity index is 1.42. The minimum atomic E-state index is -0.788. The third-order valence-electron chi connectivity index (χ3n) is 4.87. The maximum absolute atomic E-state index is 12.8. The van der Waals surface area contributed by atoms with Gasteiger partial charge in [0.1, 0.15) is 0 Å². The van der Waals surface area contributed by atoms with E-state index in [1.807, 2.05) is 30.3 Å². The number of para-hydroxylation sites is 1. The number of rotatable bonds is 6. The largest absolute Gasteiger partial charge is 0.452 e. The van der Waals surface area contributed by atoms with Crippen molar-refractivity contribution >= 4 is 41.0 Å². The molecule has 32 heavy (non-hydrogen) atoms. The highest BCUT2D eigenvalue weighted by Crippen LogP contribution is 2.26. The van der Waals surface area contributed by atoms with E-state index in [2.05, 4.69) is 5.32 Å². The lowest BCUT2D eigenvalue weighted by molar-refractivity contribution is -0.119. The minimum Gasteiger partial charge on any atom is -0.452 e. The number of nitrogens with one attached hydrogen (secondary N) is 1. The van der Waals surface area contributed by atoms with E-state index in [9.17, 15) is 19.2 Å². The summed E-state index contributed by atoms with van der Waals surface area (Å²) >= 11 is 5.98. The zero-order chi connectivity index (χ0) is 22.7. The van der Waals surface area contributed by atoms with Gasteiger partial charge in [0.2, 0.25) is 0 Å². The predicted octanol–water partition coefficient (Wildman–Crippen LogP) is 3.93.